The molecule has 0 saturated carbocycles. The van der Waals surface area contributed by atoms with Crippen molar-refractivity contribution >= 4 is 45.2 Å². The maximum atomic E-state index is 14.1. The van der Waals surface area contributed by atoms with Gasteiger partial charge in [-0.05, 0) is 19.9 Å². The quantitative estimate of drug-likeness (QED) is 0.454. The van der Waals surface area contributed by atoms with Crippen LogP contribution < -0.4 is 5.32 Å². The van der Waals surface area contributed by atoms with Gasteiger partial charge in [0, 0.05) is 28.9 Å². The highest BCUT2D eigenvalue weighted by Crippen LogP contribution is 2.35. The predicted molar refractivity (Wildman–Crippen MR) is 111 cm³/mol. The van der Waals surface area contributed by atoms with Crippen molar-refractivity contribution in [1.82, 2.24) is 25.0 Å². The molecule has 1 atom stereocenters. The van der Waals surface area contributed by atoms with Crippen LogP contribution in [0, 0.1) is 12.7 Å². The number of thiazole rings is 1. The van der Waals surface area contributed by atoms with Gasteiger partial charge in [-0.2, -0.15) is 5.10 Å². The number of hydrogen-bond donors (Lipinski definition) is 2. The number of hydrogen-bond acceptors (Lipinski definition) is 8. The maximum Gasteiger partial charge on any atom is 0.211 e. The molecule has 0 fully saturated rings. The second kappa shape index (κ2) is 7.79. The first-order valence-electron chi connectivity index (χ1n) is 8.55. The zero-order chi connectivity index (χ0) is 20.6. The fourth-order valence-electron chi connectivity index (χ4n) is 2.61. The lowest BCUT2D eigenvalue weighted by Gasteiger charge is -2.16. The zero-order valence-electron chi connectivity index (χ0n) is 15.4. The normalized spacial score (nSPS) is 13.4. The lowest BCUT2D eigenvalue weighted by atomic mass is 10.1. The molecule has 2 N–H and O–H groups in total. The van der Waals surface area contributed by atoms with Crippen molar-refractivity contribution in [2.24, 2.45) is 0 Å². The molecule has 3 aromatic heterocycles. The fourth-order valence-corrected chi connectivity index (χ4v) is 4.52. The first-order valence-corrected chi connectivity index (χ1v) is 10.6. The molecule has 0 spiro atoms. The molecule has 4 aromatic rings. The molecule has 0 aliphatic rings. The van der Waals surface area contributed by atoms with Crippen molar-refractivity contribution in [3.8, 4) is 0 Å². The second-order valence-electron chi connectivity index (χ2n) is 6.52. The van der Waals surface area contributed by atoms with Gasteiger partial charge in [-0.3, -0.25) is 4.68 Å². The molecular formula is C18H16ClFN6OS2. The Balaban J connectivity index is 1.48. The molecule has 0 amide bonds. The number of rotatable bonds is 6. The molecule has 11 heteroatoms. The number of aromatic nitrogens is 5. The summed E-state index contributed by atoms with van der Waals surface area (Å²) < 4.78 is 15.7. The van der Waals surface area contributed by atoms with Crippen LogP contribution in [0.3, 0.4) is 0 Å². The number of nitrogens with one attached hydrogen (secondary N) is 1. The highest BCUT2D eigenvalue weighted by molar-refractivity contribution is 7.15. The molecule has 4 rings (SSSR count). The molecule has 0 bridgehead atoms. The van der Waals surface area contributed by atoms with Gasteiger partial charge in [0.1, 0.15) is 10.8 Å². The third-order valence-electron chi connectivity index (χ3n) is 4.12. The summed E-state index contributed by atoms with van der Waals surface area (Å²) in [6.07, 6.45) is 1.72. The largest absolute Gasteiger partial charge is 0.376 e. The minimum atomic E-state index is -1.32. The second-order valence-corrected chi connectivity index (χ2v) is 8.76. The summed E-state index contributed by atoms with van der Waals surface area (Å²) in [5, 5.41) is 29.8. The first kappa shape index (κ1) is 19.9. The van der Waals surface area contributed by atoms with E-state index < -0.39 is 11.4 Å². The summed E-state index contributed by atoms with van der Waals surface area (Å²) in [6, 6.07) is 6.61. The van der Waals surface area contributed by atoms with E-state index in [1.54, 1.807) is 36.0 Å². The third kappa shape index (κ3) is 4.15. The molecule has 0 radical (unpaired) electrons. The van der Waals surface area contributed by atoms with Gasteiger partial charge in [0.15, 0.2) is 16.4 Å². The van der Waals surface area contributed by atoms with Crippen molar-refractivity contribution in [3.05, 3.63) is 68.0 Å². The number of benzene rings is 1. The van der Waals surface area contributed by atoms with Gasteiger partial charge in [0.05, 0.1) is 11.6 Å². The van der Waals surface area contributed by atoms with Gasteiger partial charge >= 0.3 is 0 Å². The van der Waals surface area contributed by atoms with Crippen LogP contribution in [0.4, 0.5) is 15.3 Å². The third-order valence-corrected chi connectivity index (χ3v) is 6.63. The summed E-state index contributed by atoms with van der Waals surface area (Å²) in [5.41, 5.74) is -0.0325. The minimum Gasteiger partial charge on any atom is -0.376 e. The Kier molecular flexibility index (Phi) is 5.34. The van der Waals surface area contributed by atoms with Crippen molar-refractivity contribution in [2.45, 2.75) is 26.0 Å². The molecule has 0 aliphatic heterocycles. The van der Waals surface area contributed by atoms with Crippen LogP contribution in [0.1, 0.15) is 28.2 Å². The van der Waals surface area contributed by atoms with Gasteiger partial charge in [-0.15, -0.1) is 21.5 Å². The summed E-state index contributed by atoms with van der Waals surface area (Å²) in [4.78, 5) is 4.34. The van der Waals surface area contributed by atoms with Crippen LogP contribution >= 0.6 is 34.3 Å². The molecule has 1 unspecified atom stereocenters. The first-order chi connectivity index (χ1) is 13.8. The van der Waals surface area contributed by atoms with Crippen LogP contribution in [-0.2, 0) is 12.1 Å². The van der Waals surface area contributed by atoms with E-state index in [1.165, 1.54) is 28.7 Å². The molecular weight excluding hydrogens is 435 g/mol. The van der Waals surface area contributed by atoms with Crippen LogP contribution in [0.15, 0.2) is 35.8 Å². The van der Waals surface area contributed by atoms with Crippen molar-refractivity contribution in [2.75, 3.05) is 5.32 Å². The molecule has 0 saturated heterocycles. The Labute approximate surface area is 178 Å². The zero-order valence-corrected chi connectivity index (χ0v) is 17.8. The van der Waals surface area contributed by atoms with E-state index in [9.17, 15) is 9.50 Å². The Morgan fingerprint density at radius 1 is 1.28 bits per heavy atom. The van der Waals surface area contributed by atoms with E-state index in [2.05, 4.69) is 25.6 Å². The lowest BCUT2D eigenvalue weighted by molar-refractivity contribution is 0.101. The molecule has 150 valence electrons. The van der Waals surface area contributed by atoms with Crippen molar-refractivity contribution in [1.29, 1.82) is 0 Å². The standard InChI is InChI=1S/C18H16ClFN6OS2/c1-10-9-28-15(21-10)18(2,27)16-23-24-17(29-16)22-13-6-7-26(25-13)8-11-4-3-5-12(19)14(11)20/h3-7,9,27H,8H2,1-2H3,(H,22,24,25). The van der Waals surface area contributed by atoms with E-state index in [0.717, 1.165) is 5.69 Å². The van der Waals surface area contributed by atoms with Gasteiger partial charge in [0.2, 0.25) is 5.13 Å². The Hall–Kier alpha value is -2.40. The minimum absolute atomic E-state index is 0.0804. The number of nitrogens with zero attached hydrogens (tertiary/aromatic N) is 5. The van der Waals surface area contributed by atoms with Gasteiger partial charge in [0.25, 0.3) is 0 Å². The summed E-state index contributed by atoms with van der Waals surface area (Å²) in [6.45, 7) is 3.76. The highest BCUT2D eigenvalue weighted by Gasteiger charge is 2.33. The SMILES string of the molecule is Cc1csc(C(C)(O)c2nnc(Nc3ccn(Cc4cccc(Cl)c4F)n3)s2)n1. The number of halogens is 2. The Bertz CT molecular complexity index is 1150. The van der Waals surface area contributed by atoms with E-state index >= 15 is 0 Å². The van der Waals surface area contributed by atoms with E-state index in [0.29, 0.717) is 26.5 Å². The summed E-state index contributed by atoms with van der Waals surface area (Å²) in [7, 11) is 0. The predicted octanol–water partition coefficient (Wildman–Crippen LogP) is 4.34. The summed E-state index contributed by atoms with van der Waals surface area (Å²) >= 11 is 8.41. The van der Waals surface area contributed by atoms with Crippen LogP contribution in [-0.4, -0.2) is 30.1 Å². The average Bonchev–Trinajstić information content (AvgIpc) is 3.41. The monoisotopic (exact) mass is 450 g/mol. The Morgan fingerprint density at radius 2 is 2.10 bits per heavy atom. The van der Waals surface area contributed by atoms with E-state index in [1.807, 2.05) is 12.3 Å². The molecule has 7 nitrogen and oxygen atoms in total. The molecule has 1 aromatic carbocycles. The molecule has 29 heavy (non-hydrogen) atoms. The van der Waals surface area contributed by atoms with Crippen LogP contribution in [0.5, 0.6) is 0 Å². The van der Waals surface area contributed by atoms with E-state index in [-0.39, 0.29) is 11.6 Å². The number of anilines is 2. The van der Waals surface area contributed by atoms with Crippen molar-refractivity contribution < 1.29 is 9.50 Å². The lowest BCUT2D eigenvalue weighted by Crippen LogP contribution is -2.22. The molecule has 3 heterocycles. The van der Waals surface area contributed by atoms with Crippen LogP contribution in [0.2, 0.25) is 5.02 Å². The van der Waals surface area contributed by atoms with Gasteiger partial charge < -0.3 is 10.4 Å². The topological polar surface area (TPSA) is 88.8 Å². The van der Waals surface area contributed by atoms with Gasteiger partial charge in [-0.1, -0.05) is 35.1 Å². The molecule has 0 aliphatic carbocycles. The fraction of sp³-hybridized carbons (Fsp3) is 0.222. The average molecular weight is 451 g/mol. The highest BCUT2D eigenvalue weighted by atomic mass is 35.5. The van der Waals surface area contributed by atoms with E-state index in [4.69, 9.17) is 11.6 Å². The maximum absolute atomic E-state index is 14.1. The number of aliphatic hydroxyl groups is 1. The Morgan fingerprint density at radius 3 is 2.86 bits per heavy atom. The van der Waals surface area contributed by atoms with Crippen LogP contribution in [0.25, 0.3) is 0 Å². The smallest absolute Gasteiger partial charge is 0.211 e. The number of aryl methyl sites for hydroxylation is 1. The van der Waals surface area contributed by atoms with Gasteiger partial charge in [-0.25, -0.2) is 9.37 Å². The van der Waals surface area contributed by atoms with Crippen molar-refractivity contribution in [3.63, 3.8) is 0 Å². The summed E-state index contributed by atoms with van der Waals surface area (Å²) in [5.74, 6) is 0.0764.